The van der Waals surface area contributed by atoms with Crippen LogP contribution in [0.1, 0.15) is 5.56 Å². The fourth-order valence-corrected chi connectivity index (χ4v) is 3.19. The largest absolute Gasteiger partial charge is 0.354 e. The summed E-state index contributed by atoms with van der Waals surface area (Å²) in [5.41, 5.74) is 10.4. The fourth-order valence-electron chi connectivity index (χ4n) is 2.55. The average Bonchev–Trinajstić information content (AvgIpc) is 2.93. The van der Waals surface area contributed by atoms with Crippen LogP contribution in [0.2, 0.25) is 0 Å². The van der Waals surface area contributed by atoms with Crippen molar-refractivity contribution in [3.63, 3.8) is 0 Å². The average molecular weight is 356 g/mol. The van der Waals surface area contributed by atoms with Gasteiger partial charge in [0.1, 0.15) is 0 Å². The predicted molar refractivity (Wildman–Crippen MR) is 97.2 cm³/mol. The number of amides is 2. The van der Waals surface area contributed by atoms with Gasteiger partial charge in [0, 0.05) is 22.7 Å². The number of nitrogens with zero attached hydrogens (tertiary/aromatic N) is 1. The van der Waals surface area contributed by atoms with Gasteiger partial charge in [-0.1, -0.05) is 30.3 Å². The van der Waals surface area contributed by atoms with E-state index in [2.05, 4.69) is 15.5 Å². The molecule has 8 heteroatoms. The number of hydrogen-bond donors (Lipinski definition) is 3. The number of hydrogen-bond acceptors (Lipinski definition) is 4. The van der Waals surface area contributed by atoms with Crippen molar-refractivity contribution in [1.82, 2.24) is 10.4 Å². The van der Waals surface area contributed by atoms with Gasteiger partial charge in [-0.15, -0.1) is 0 Å². The van der Waals surface area contributed by atoms with Crippen LogP contribution < -0.4 is 11.2 Å². The van der Waals surface area contributed by atoms with Crippen LogP contribution in [-0.4, -0.2) is 31.9 Å². The van der Waals surface area contributed by atoms with Crippen molar-refractivity contribution in [1.29, 1.82) is 0 Å². The maximum absolute atomic E-state index is 11.6. The third kappa shape index (κ3) is 3.53. The second-order valence-electron chi connectivity index (χ2n) is 5.49. The number of para-hydroxylation sites is 1. The summed E-state index contributed by atoms with van der Waals surface area (Å²) in [6.45, 7) is 0. The van der Waals surface area contributed by atoms with Crippen molar-refractivity contribution < 1.29 is 13.2 Å². The van der Waals surface area contributed by atoms with Gasteiger partial charge in [-0.2, -0.15) is 5.10 Å². The number of benzene rings is 2. The minimum absolute atomic E-state index is 0.248. The number of hydrazone groups is 1. The van der Waals surface area contributed by atoms with Gasteiger partial charge in [-0.3, -0.25) is 0 Å². The first-order chi connectivity index (χ1) is 11.9. The zero-order valence-electron chi connectivity index (χ0n) is 13.4. The number of nitrogens with two attached hydrogens (primary N) is 1. The molecule has 2 aromatic carbocycles. The number of urea groups is 1. The molecular weight excluding hydrogens is 340 g/mol. The van der Waals surface area contributed by atoms with Crippen LogP contribution in [0.4, 0.5) is 4.79 Å². The minimum atomic E-state index is -3.26. The Hall–Kier alpha value is -3.13. The molecule has 0 radical (unpaired) electrons. The molecule has 0 bridgehead atoms. The molecule has 0 aliphatic rings. The number of aromatic amines is 1. The lowest BCUT2D eigenvalue weighted by atomic mass is 10.1. The Kier molecular flexibility index (Phi) is 4.28. The lowest BCUT2D eigenvalue weighted by Gasteiger charge is -2.03. The standard InChI is InChI=1S/C17H16N4O3S/c1-25(23,24)12-8-6-11(7-9-12)16-14(10-19-21-17(18)22)13-4-2-3-5-15(13)20-16/h2-10,20H,1H3,(H3,18,21,22)/b19-10+. The fraction of sp³-hybridized carbons (Fsp3) is 0.0588. The number of carbonyl (C=O) groups excluding carboxylic acids is 1. The minimum Gasteiger partial charge on any atom is -0.354 e. The van der Waals surface area contributed by atoms with Crippen molar-refractivity contribution in [2.75, 3.05) is 6.26 Å². The van der Waals surface area contributed by atoms with Gasteiger partial charge in [-0.25, -0.2) is 18.6 Å². The van der Waals surface area contributed by atoms with E-state index in [1.54, 1.807) is 24.3 Å². The number of fused-ring (bicyclic) bond motifs is 1. The number of sulfone groups is 1. The second kappa shape index (κ2) is 6.40. The molecule has 7 nitrogen and oxygen atoms in total. The highest BCUT2D eigenvalue weighted by Crippen LogP contribution is 2.29. The van der Waals surface area contributed by atoms with Crippen molar-refractivity contribution >= 4 is 33.0 Å². The van der Waals surface area contributed by atoms with Crippen molar-refractivity contribution in [2.45, 2.75) is 4.90 Å². The van der Waals surface area contributed by atoms with E-state index in [9.17, 15) is 13.2 Å². The molecule has 0 atom stereocenters. The first-order valence-electron chi connectivity index (χ1n) is 7.36. The van der Waals surface area contributed by atoms with Crippen LogP contribution in [0, 0.1) is 0 Å². The molecular formula is C17H16N4O3S. The summed E-state index contributed by atoms with van der Waals surface area (Å²) in [7, 11) is -3.26. The Balaban J connectivity index is 2.12. The number of nitrogens with one attached hydrogen (secondary N) is 2. The summed E-state index contributed by atoms with van der Waals surface area (Å²) < 4.78 is 23.2. The summed E-state index contributed by atoms with van der Waals surface area (Å²) in [6, 6.07) is 13.4. The predicted octanol–water partition coefficient (Wildman–Crippen LogP) is 2.24. The van der Waals surface area contributed by atoms with E-state index in [1.807, 2.05) is 24.3 Å². The topological polar surface area (TPSA) is 117 Å². The van der Waals surface area contributed by atoms with Gasteiger partial charge >= 0.3 is 6.03 Å². The summed E-state index contributed by atoms with van der Waals surface area (Å²) in [4.78, 5) is 14.4. The third-order valence-corrected chi connectivity index (χ3v) is 4.81. The monoisotopic (exact) mass is 356 g/mol. The van der Waals surface area contributed by atoms with Crippen molar-refractivity contribution in [2.24, 2.45) is 10.8 Å². The first-order valence-corrected chi connectivity index (χ1v) is 9.25. The summed E-state index contributed by atoms with van der Waals surface area (Å²) >= 11 is 0. The Labute approximate surface area is 144 Å². The summed E-state index contributed by atoms with van der Waals surface area (Å²) in [5.74, 6) is 0. The van der Waals surface area contributed by atoms with Crippen LogP contribution in [0.25, 0.3) is 22.2 Å². The van der Waals surface area contributed by atoms with E-state index < -0.39 is 15.9 Å². The Bertz CT molecular complexity index is 1070. The van der Waals surface area contributed by atoms with Gasteiger partial charge in [0.25, 0.3) is 0 Å². The highest BCUT2D eigenvalue weighted by Gasteiger charge is 2.13. The molecule has 2 amide bonds. The second-order valence-corrected chi connectivity index (χ2v) is 7.51. The lowest BCUT2D eigenvalue weighted by Crippen LogP contribution is -2.24. The van der Waals surface area contributed by atoms with Crippen molar-refractivity contribution in [3.8, 4) is 11.3 Å². The van der Waals surface area contributed by atoms with Crippen LogP contribution in [0.15, 0.2) is 58.5 Å². The Morgan fingerprint density at radius 1 is 1.16 bits per heavy atom. The van der Waals surface area contributed by atoms with Crippen LogP contribution in [0.5, 0.6) is 0 Å². The normalized spacial score (nSPS) is 11.9. The molecule has 1 heterocycles. The van der Waals surface area contributed by atoms with Crippen molar-refractivity contribution in [3.05, 3.63) is 54.1 Å². The van der Waals surface area contributed by atoms with Crippen LogP contribution in [-0.2, 0) is 9.84 Å². The molecule has 3 aromatic rings. The Morgan fingerprint density at radius 2 is 1.84 bits per heavy atom. The molecule has 0 aliphatic carbocycles. The molecule has 25 heavy (non-hydrogen) atoms. The number of aromatic nitrogens is 1. The number of primary amides is 1. The Morgan fingerprint density at radius 3 is 2.48 bits per heavy atom. The zero-order valence-corrected chi connectivity index (χ0v) is 14.2. The van der Waals surface area contributed by atoms with Gasteiger partial charge < -0.3 is 10.7 Å². The van der Waals surface area contributed by atoms with Gasteiger partial charge in [-0.05, 0) is 23.8 Å². The van der Waals surface area contributed by atoms with Gasteiger partial charge in [0.2, 0.25) is 0 Å². The number of rotatable bonds is 4. The number of H-pyrrole nitrogens is 1. The van der Waals surface area contributed by atoms with E-state index in [4.69, 9.17) is 5.73 Å². The van der Waals surface area contributed by atoms with E-state index in [0.29, 0.717) is 0 Å². The molecule has 3 rings (SSSR count). The quantitative estimate of drug-likeness (QED) is 0.491. The lowest BCUT2D eigenvalue weighted by molar-refractivity contribution is 0.249. The first kappa shape index (κ1) is 16.7. The highest BCUT2D eigenvalue weighted by atomic mass is 32.2. The summed E-state index contributed by atoms with van der Waals surface area (Å²) in [5, 5.41) is 4.76. The van der Waals surface area contributed by atoms with E-state index >= 15 is 0 Å². The molecule has 128 valence electrons. The number of carbonyl (C=O) groups is 1. The van der Waals surface area contributed by atoms with E-state index in [0.717, 1.165) is 27.7 Å². The molecule has 0 spiro atoms. The molecule has 0 saturated carbocycles. The molecule has 4 N–H and O–H groups in total. The molecule has 1 aromatic heterocycles. The maximum atomic E-state index is 11.6. The molecule has 0 unspecified atom stereocenters. The zero-order chi connectivity index (χ0) is 18.0. The maximum Gasteiger partial charge on any atom is 0.332 e. The summed E-state index contributed by atoms with van der Waals surface area (Å²) in [6.07, 6.45) is 2.67. The van der Waals surface area contributed by atoms with Crippen LogP contribution >= 0.6 is 0 Å². The van der Waals surface area contributed by atoms with Gasteiger partial charge in [0.15, 0.2) is 9.84 Å². The third-order valence-electron chi connectivity index (χ3n) is 3.69. The SMILES string of the molecule is CS(=O)(=O)c1ccc(-c2[nH]c3ccccc3c2/C=N/NC(N)=O)cc1. The van der Waals surface area contributed by atoms with E-state index in [-0.39, 0.29) is 4.90 Å². The highest BCUT2D eigenvalue weighted by molar-refractivity contribution is 7.90. The van der Waals surface area contributed by atoms with Gasteiger partial charge in [0.05, 0.1) is 16.8 Å². The molecule has 0 fully saturated rings. The smallest absolute Gasteiger partial charge is 0.332 e. The molecule has 0 aliphatic heterocycles. The van der Waals surface area contributed by atoms with Crippen LogP contribution in [0.3, 0.4) is 0 Å². The molecule has 0 saturated heterocycles. The van der Waals surface area contributed by atoms with E-state index in [1.165, 1.54) is 12.5 Å².